The van der Waals surface area contributed by atoms with Crippen LogP contribution in [0.25, 0.3) is 0 Å². The standard InChI is InChI=1S/C15H23NO4S/c1-10-5-11(2)15(12(3)6-10)21(18,19)16-7-14(8-17)20-9-13(16)4/h5-6,13-14,17H,7-9H2,1-4H3. The summed E-state index contributed by atoms with van der Waals surface area (Å²) in [5.74, 6) is 0. The topological polar surface area (TPSA) is 66.8 Å². The first-order valence-corrected chi connectivity index (χ1v) is 8.53. The minimum absolute atomic E-state index is 0.176. The molecular formula is C15H23NO4S. The molecule has 0 aliphatic carbocycles. The third kappa shape index (κ3) is 3.13. The van der Waals surface area contributed by atoms with E-state index in [0.717, 1.165) is 16.7 Å². The lowest BCUT2D eigenvalue weighted by Gasteiger charge is -2.37. The molecule has 0 saturated carbocycles. The van der Waals surface area contributed by atoms with Crippen LogP contribution in [-0.2, 0) is 14.8 Å². The Kier molecular flexibility index (Phi) is 4.72. The molecule has 21 heavy (non-hydrogen) atoms. The predicted molar refractivity (Wildman–Crippen MR) is 80.8 cm³/mol. The van der Waals surface area contributed by atoms with Gasteiger partial charge >= 0.3 is 0 Å². The van der Waals surface area contributed by atoms with Gasteiger partial charge in [-0.25, -0.2) is 8.42 Å². The van der Waals surface area contributed by atoms with E-state index in [9.17, 15) is 13.5 Å². The lowest BCUT2D eigenvalue weighted by atomic mass is 10.1. The van der Waals surface area contributed by atoms with Gasteiger partial charge in [-0.05, 0) is 38.8 Å². The summed E-state index contributed by atoms with van der Waals surface area (Å²) < 4.78 is 32.9. The molecule has 1 aliphatic rings. The van der Waals surface area contributed by atoms with E-state index in [2.05, 4.69) is 0 Å². The van der Waals surface area contributed by atoms with E-state index in [1.165, 1.54) is 4.31 Å². The van der Waals surface area contributed by atoms with Crippen LogP contribution in [0.5, 0.6) is 0 Å². The van der Waals surface area contributed by atoms with Gasteiger partial charge in [-0.1, -0.05) is 17.7 Å². The van der Waals surface area contributed by atoms with Crippen LogP contribution in [0, 0.1) is 20.8 Å². The maximum absolute atomic E-state index is 13.0. The van der Waals surface area contributed by atoms with Gasteiger partial charge in [-0.3, -0.25) is 0 Å². The SMILES string of the molecule is Cc1cc(C)c(S(=O)(=O)N2CC(CO)OCC2C)c(C)c1. The first-order valence-electron chi connectivity index (χ1n) is 7.09. The Balaban J connectivity index is 2.46. The Hall–Kier alpha value is -0.950. The van der Waals surface area contributed by atoms with Crippen molar-refractivity contribution in [1.29, 1.82) is 0 Å². The van der Waals surface area contributed by atoms with E-state index in [4.69, 9.17) is 4.74 Å². The quantitative estimate of drug-likeness (QED) is 0.915. The fourth-order valence-corrected chi connectivity index (χ4v) is 4.99. The Bertz CT molecular complexity index is 604. The molecule has 0 spiro atoms. The number of sulfonamides is 1. The molecule has 2 rings (SSSR count). The predicted octanol–water partition coefficient (Wildman–Crippen LogP) is 1.38. The summed E-state index contributed by atoms with van der Waals surface area (Å²) in [7, 11) is -3.59. The molecule has 1 saturated heterocycles. The monoisotopic (exact) mass is 313 g/mol. The summed E-state index contributed by atoms with van der Waals surface area (Å²) in [5.41, 5.74) is 2.56. The highest BCUT2D eigenvalue weighted by atomic mass is 32.2. The van der Waals surface area contributed by atoms with Gasteiger partial charge in [0, 0.05) is 12.6 Å². The van der Waals surface area contributed by atoms with Crippen molar-refractivity contribution in [3.63, 3.8) is 0 Å². The second kappa shape index (κ2) is 6.04. The number of morpholine rings is 1. The number of hydrogen-bond acceptors (Lipinski definition) is 4. The fourth-order valence-electron chi connectivity index (χ4n) is 2.93. The molecule has 1 aliphatic heterocycles. The van der Waals surface area contributed by atoms with E-state index in [1.54, 1.807) is 0 Å². The summed E-state index contributed by atoms with van der Waals surface area (Å²) in [6.07, 6.45) is -0.456. The number of hydrogen-bond donors (Lipinski definition) is 1. The van der Waals surface area contributed by atoms with E-state index in [1.807, 2.05) is 39.8 Å². The molecule has 1 heterocycles. The van der Waals surface area contributed by atoms with Crippen molar-refractivity contribution in [2.45, 2.75) is 44.7 Å². The van der Waals surface area contributed by atoms with Gasteiger partial charge in [0.2, 0.25) is 10.0 Å². The van der Waals surface area contributed by atoms with Crippen LogP contribution >= 0.6 is 0 Å². The van der Waals surface area contributed by atoms with Crippen molar-refractivity contribution in [1.82, 2.24) is 4.31 Å². The average molecular weight is 313 g/mol. The van der Waals surface area contributed by atoms with Crippen molar-refractivity contribution in [3.05, 3.63) is 28.8 Å². The third-order valence-corrected chi connectivity index (χ3v) is 6.11. The zero-order chi connectivity index (χ0) is 15.8. The first-order chi connectivity index (χ1) is 9.77. The molecule has 6 heteroatoms. The molecule has 118 valence electrons. The zero-order valence-electron chi connectivity index (χ0n) is 13.0. The van der Waals surface area contributed by atoms with Crippen LogP contribution in [0.3, 0.4) is 0 Å². The number of aliphatic hydroxyl groups excluding tert-OH is 1. The van der Waals surface area contributed by atoms with Crippen molar-refractivity contribution in [2.75, 3.05) is 19.8 Å². The molecule has 0 bridgehead atoms. The van der Waals surface area contributed by atoms with Crippen molar-refractivity contribution < 1.29 is 18.3 Å². The zero-order valence-corrected chi connectivity index (χ0v) is 13.8. The van der Waals surface area contributed by atoms with Gasteiger partial charge in [-0.2, -0.15) is 4.31 Å². The second-order valence-electron chi connectivity index (χ2n) is 5.79. The lowest BCUT2D eigenvalue weighted by Crippen LogP contribution is -2.52. The molecule has 0 aromatic heterocycles. The van der Waals surface area contributed by atoms with Crippen LogP contribution in [0.15, 0.2) is 17.0 Å². The van der Waals surface area contributed by atoms with Crippen LogP contribution in [0.1, 0.15) is 23.6 Å². The van der Waals surface area contributed by atoms with E-state index in [0.29, 0.717) is 11.5 Å². The fraction of sp³-hybridized carbons (Fsp3) is 0.600. The molecule has 1 aromatic carbocycles. The third-order valence-electron chi connectivity index (χ3n) is 3.82. The van der Waals surface area contributed by atoms with Gasteiger partial charge in [0.15, 0.2) is 0 Å². The van der Waals surface area contributed by atoms with Gasteiger partial charge in [0.25, 0.3) is 0 Å². The van der Waals surface area contributed by atoms with Crippen molar-refractivity contribution >= 4 is 10.0 Å². The Morgan fingerprint density at radius 3 is 2.38 bits per heavy atom. The van der Waals surface area contributed by atoms with Crippen molar-refractivity contribution in [2.24, 2.45) is 0 Å². The molecule has 1 aromatic rings. The van der Waals surface area contributed by atoms with E-state index >= 15 is 0 Å². The van der Waals surface area contributed by atoms with Crippen LogP contribution in [0.4, 0.5) is 0 Å². The largest absolute Gasteiger partial charge is 0.394 e. The molecule has 1 fully saturated rings. The number of aryl methyl sites for hydroxylation is 3. The molecule has 5 nitrogen and oxygen atoms in total. The second-order valence-corrected chi connectivity index (χ2v) is 7.62. The summed E-state index contributed by atoms with van der Waals surface area (Å²) in [5, 5.41) is 9.23. The summed E-state index contributed by atoms with van der Waals surface area (Å²) in [4.78, 5) is 0.374. The maximum Gasteiger partial charge on any atom is 0.244 e. The van der Waals surface area contributed by atoms with Crippen molar-refractivity contribution in [3.8, 4) is 0 Å². The van der Waals surface area contributed by atoms with Crippen LogP contribution in [-0.4, -0.2) is 49.7 Å². The van der Waals surface area contributed by atoms with E-state index < -0.39 is 16.1 Å². The Morgan fingerprint density at radius 2 is 1.86 bits per heavy atom. The number of ether oxygens (including phenoxy) is 1. The molecule has 2 atom stereocenters. The normalized spacial score (nSPS) is 24.2. The average Bonchev–Trinajstić information content (AvgIpc) is 2.37. The maximum atomic E-state index is 13.0. The molecular weight excluding hydrogens is 290 g/mol. The first kappa shape index (κ1) is 16.4. The lowest BCUT2D eigenvalue weighted by molar-refractivity contribution is -0.0516. The smallest absolute Gasteiger partial charge is 0.244 e. The summed E-state index contributed by atoms with van der Waals surface area (Å²) in [6, 6.07) is 3.53. The molecule has 0 amide bonds. The molecule has 0 radical (unpaired) electrons. The van der Waals surface area contributed by atoms with E-state index in [-0.39, 0.29) is 19.2 Å². The highest BCUT2D eigenvalue weighted by Crippen LogP contribution is 2.28. The number of benzene rings is 1. The summed E-state index contributed by atoms with van der Waals surface area (Å²) in [6.45, 7) is 7.73. The Morgan fingerprint density at radius 1 is 1.29 bits per heavy atom. The van der Waals surface area contributed by atoms with Gasteiger partial charge < -0.3 is 9.84 Å². The molecule has 2 unspecified atom stereocenters. The highest BCUT2D eigenvalue weighted by Gasteiger charge is 2.36. The minimum atomic E-state index is -3.59. The van der Waals surface area contributed by atoms with Gasteiger partial charge in [0.05, 0.1) is 24.2 Å². The number of aliphatic hydroxyl groups is 1. The summed E-state index contributed by atoms with van der Waals surface area (Å²) >= 11 is 0. The number of nitrogens with zero attached hydrogens (tertiary/aromatic N) is 1. The number of rotatable bonds is 3. The van der Waals surface area contributed by atoms with Gasteiger partial charge in [-0.15, -0.1) is 0 Å². The minimum Gasteiger partial charge on any atom is -0.394 e. The van der Waals surface area contributed by atoms with Crippen LogP contribution < -0.4 is 0 Å². The molecule has 1 N–H and O–H groups in total. The highest BCUT2D eigenvalue weighted by molar-refractivity contribution is 7.89. The van der Waals surface area contributed by atoms with Crippen LogP contribution in [0.2, 0.25) is 0 Å². The van der Waals surface area contributed by atoms with Gasteiger partial charge in [0.1, 0.15) is 0 Å². The Labute approximate surface area is 126 Å².